The Morgan fingerprint density at radius 1 is 0.725 bits per heavy atom. The number of nitrogens with two attached hydrogens (primary N) is 1. The molecule has 0 aromatic carbocycles. The number of ether oxygens (including phenoxy) is 2. The van der Waals surface area contributed by atoms with Gasteiger partial charge in [0.05, 0.1) is 41.0 Å². The summed E-state index contributed by atoms with van der Waals surface area (Å²) in [6.07, 6.45) is 12.9. The summed E-state index contributed by atoms with van der Waals surface area (Å²) in [6.45, 7) is 16.8. The topological polar surface area (TPSA) is 325 Å². The summed E-state index contributed by atoms with van der Waals surface area (Å²) in [5.74, 6) is -1.45. The number of rotatable bonds is 29. The zero-order valence-corrected chi connectivity index (χ0v) is 56.7. The van der Waals surface area contributed by atoms with Crippen LogP contribution in [0.1, 0.15) is 208 Å². The molecule has 7 N–H and O–H groups in total. The van der Waals surface area contributed by atoms with E-state index in [0.29, 0.717) is 109 Å². The number of ketones is 3. The van der Waals surface area contributed by atoms with Gasteiger partial charge in [0.25, 0.3) is 11.8 Å². The van der Waals surface area contributed by atoms with Crippen molar-refractivity contribution in [3.05, 3.63) is 65.8 Å². The van der Waals surface area contributed by atoms with E-state index in [-0.39, 0.29) is 72.0 Å². The first-order valence-electron chi connectivity index (χ1n) is 31.5. The number of amides is 6. The van der Waals surface area contributed by atoms with Crippen LogP contribution in [0.15, 0.2) is 49.4 Å². The molecule has 3 fully saturated rings. The fourth-order valence-corrected chi connectivity index (χ4v) is 13.9. The molecule has 9 rings (SSSR count). The van der Waals surface area contributed by atoms with Crippen molar-refractivity contribution in [2.45, 2.75) is 225 Å². The van der Waals surface area contributed by atoms with Gasteiger partial charge in [0.2, 0.25) is 11.8 Å². The van der Waals surface area contributed by atoms with Crippen molar-refractivity contribution in [2.24, 2.45) is 10.7 Å². The molecule has 91 heavy (non-hydrogen) atoms. The van der Waals surface area contributed by atoms with Gasteiger partial charge in [0.1, 0.15) is 54.8 Å². The molecule has 0 radical (unpaired) electrons. The number of aryl methyl sites for hydroxylation is 1. The lowest BCUT2D eigenvalue weighted by atomic mass is 9.95. The smallest absolute Gasteiger partial charge is 0.414 e. The summed E-state index contributed by atoms with van der Waals surface area (Å²) in [5.41, 5.74) is 7.92. The average Bonchev–Trinajstić information content (AvgIpc) is 1.57. The van der Waals surface area contributed by atoms with Gasteiger partial charge in [-0.3, -0.25) is 43.5 Å². The fourth-order valence-electron chi connectivity index (χ4n) is 10.7. The van der Waals surface area contributed by atoms with E-state index in [1.54, 1.807) is 31.5 Å². The van der Waals surface area contributed by atoms with Crippen molar-refractivity contribution in [2.75, 3.05) is 19.6 Å². The zero-order valence-electron chi connectivity index (χ0n) is 53.4. The van der Waals surface area contributed by atoms with Crippen molar-refractivity contribution < 1.29 is 52.6 Å². The molecule has 1 saturated heterocycles. The van der Waals surface area contributed by atoms with Crippen LogP contribution in [-0.4, -0.2) is 138 Å². The molecule has 1 spiro atoms. The van der Waals surface area contributed by atoms with Gasteiger partial charge in [-0.05, 0) is 145 Å². The first kappa shape index (κ1) is 69.9. The number of allylic oxidation sites excluding steroid dienone is 1. The van der Waals surface area contributed by atoms with Gasteiger partial charge in [0, 0.05) is 83.4 Å². The minimum absolute atomic E-state index is 0.0257. The van der Waals surface area contributed by atoms with E-state index in [4.69, 9.17) is 15.2 Å². The van der Waals surface area contributed by atoms with E-state index in [1.807, 2.05) is 38.5 Å². The first-order chi connectivity index (χ1) is 43.2. The molecule has 23 nitrogen and oxygen atoms in total. The minimum atomic E-state index is -1.06. The minimum Gasteiger partial charge on any atom is -0.444 e. The number of nitrogens with zero attached hydrogens (tertiary/aromatic N) is 6. The Labute approximate surface area is 547 Å². The average molecular weight is 1330 g/mol. The zero-order chi connectivity index (χ0) is 65.7. The van der Waals surface area contributed by atoms with Crippen LogP contribution in [0.3, 0.4) is 0 Å². The SMILES string of the molecule is C[C@H]1CC/C(=C/C(=O)NC2(C(=O)CC(=O)CCc3nc(-c4nc(C(=O)CCCCCCNC(=O)OC(C)(C)C)cs4)cs3)CC2)N1C(=O)OC(C)(C)C.C[C@H]1CCC(C2=C(CC(=O)NCc3nc(-c4nc(C(=O)NCCCCCN)cs4)cs3)C3(CC3)NC2=O)=N1. The van der Waals surface area contributed by atoms with E-state index in [2.05, 4.69) is 58.4 Å². The molecule has 0 unspecified atom stereocenters. The van der Waals surface area contributed by atoms with Crippen molar-refractivity contribution in [3.63, 3.8) is 0 Å². The second-order valence-corrected chi connectivity index (χ2v) is 29.4. The number of Topliss-reactive ketones (excluding diaryl/α,β-unsaturated/α-hetero) is 3. The first-order valence-corrected chi connectivity index (χ1v) is 35.0. The number of hydrogen-bond donors (Lipinski definition) is 6. The highest BCUT2D eigenvalue weighted by Gasteiger charge is 2.55. The largest absolute Gasteiger partial charge is 0.444 e. The Kier molecular flexibility index (Phi) is 23.9. The summed E-state index contributed by atoms with van der Waals surface area (Å²) >= 11 is 5.54. The molecule has 0 bridgehead atoms. The van der Waals surface area contributed by atoms with Crippen LogP contribution in [0.5, 0.6) is 0 Å². The highest BCUT2D eigenvalue weighted by atomic mass is 32.1. The van der Waals surface area contributed by atoms with E-state index in [1.165, 1.54) is 56.3 Å². The number of likely N-dealkylation sites (tertiary alicyclic amines) is 1. The second kappa shape index (κ2) is 31.1. The highest BCUT2D eigenvalue weighted by Crippen LogP contribution is 2.49. The van der Waals surface area contributed by atoms with Crippen LogP contribution in [-0.2, 0) is 46.4 Å². The van der Waals surface area contributed by atoms with Gasteiger partial charge in [-0.15, -0.1) is 45.3 Å². The predicted molar refractivity (Wildman–Crippen MR) is 351 cm³/mol. The summed E-state index contributed by atoms with van der Waals surface area (Å²) < 4.78 is 10.7. The maximum Gasteiger partial charge on any atom is 0.414 e. The van der Waals surface area contributed by atoms with Crippen LogP contribution < -0.4 is 32.3 Å². The normalized spacial score (nSPS) is 18.3. The van der Waals surface area contributed by atoms with Crippen LogP contribution in [0.25, 0.3) is 21.4 Å². The van der Waals surface area contributed by atoms with Crippen molar-refractivity contribution in [1.82, 2.24) is 51.4 Å². The summed E-state index contributed by atoms with van der Waals surface area (Å²) in [6, 6.07) is 0.0979. The maximum absolute atomic E-state index is 13.1. The fraction of sp³-hybridized carbons (Fsp3) is 0.594. The molecule has 2 aliphatic carbocycles. The number of nitrogens with one attached hydrogen (secondary N) is 5. The van der Waals surface area contributed by atoms with E-state index >= 15 is 0 Å². The summed E-state index contributed by atoms with van der Waals surface area (Å²) in [5, 5.41) is 24.5. The Balaban J connectivity index is 0.000000247. The Hall–Kier alpha value is -6.94. The lowest BCUT2D eigenvalue weighted by Crippen LogP contribution is -2.44. The molecule has 4 aromatic heterocycles. The Morgan fingerprint density at radius 3 is 2.01 bits per heavy atom. The quantitative estimate of drug-likeness (QED) is 0.0127. The van der Waals surface area contributed by atoms with Crippen LogP contribution in [0.2, 0.25) is 0 Å². The number of hydrogen-bond acceptors (Lipinski definition) is 21. The standard InChI is InChI=1S/C38H53N5O8S2.C26H33N7O3S2/c1-24-13-14-25(43(24)35(49)51-37(5,6)7)20-31(47)42-38(17-18-38)30(46)21-26(44)15-16-32-40-28(23-52-32)33-41-27(22-53-33)29(45)12-10-8-9-11-19-39-34(48)50-36(2,3)4;1-15-5-6-17(30-15)22-16(26(7-8-26)33-24(22)36)11-20(34)29-12-21-31-19(14-37-21)25-32-18(13-38-25)23(35)28-10-4-2-3-9-27/h20,22-24H,8-19,21H2,1-7H3,(H,39,48)(H,42,47);13-15H,2-12,27H2,1H3,(H,28,35)(H,29,34)(H,33,36)/b25-20-;/t24-;15-/m00/s1. The van der Waals surface area contributed by atoms with Crippen LogP contribution in [0.4, 0.5) is 9.59 Å². The Morgan fingerprint density at radius 2 is 1.36 bits per heavy atom. The lowest BCUT2D eigenvalue weighted by Gasteiger charge is -2.28. The second-order valence-electron chi connectivity index (χ2n) is 25.8. The van der Waals surface area contributed by atoms with E-state index < -0.39 is 34.8 Å². The van der Waals surface area contributed by atoms with Gasteiger partial charge in [-0.25, -0.2) is 29.5 Å². The van der Waals surface area contributed by atoms with Crippen LogP contribution >= 0.6 is 45.3 Å². The Bertz CT molecular complexity index is 3430. The number of carbonyl (C=O) groups excluding carboxylic acids is 9. The van der Waals surface area contributed by atoms with Gasteiger partial charge < -0.3 is 41.8 Å². The number of aromatic nitrogens is 4. The molecule has 27 heteroatoms. The third kappa shape index (κ3) is 20.3. The molecule has 6 amide bonds. The van der Waals surface area contributed by atoms with Gasteiger partial charge >= 0.3 is 12.2 Å². The molecular formula is C64H86N12O11S4. The molecule has 2 atom stereocenters. The third-order valence-electron chi connectivity index (χ3n) is 15.8. The maximum atomic E-state index is 13.1. The highest BCUT2D eigenvalue weighted by molar-refractivity contribution is 7.14. The number of unbranched alkanes of at least 4 members (excludes halogenated alkanes) is 5. The van der Waals surface area contributed by atoms with Gasteiger partial charge in [-0.1, -0.05) is 19.3 Å². The predicted octanol–water partition coefficient (Wildman–Crippen LogP) is 10.1. The molecular weight excluding hydrogens is 1240 g/mol. The van der Waals surface area contributed by atoms with Crippen molar-refractivity contribution in [1.29, 1.82) is 0 Å². The third-order valence-corrected chi connectivity index (χ3v) is 19.2. The summed E-state index contributed by atoms with van der Waals surface area (Å²) in [4.78, 5) is 138. The molecule has 5 aliphatic rings. The van der Waals surface area contributed by atoms with Crippen LogP contribution in [0, 0.1) is 0 Å². The van der Waals surface area contributed by atoms with Gasteiger partial charge in [-0.2, -0.15) is 0 Å². The van der Waals surface area contributed by atoms with Crippen molar-refractivity contribution in [3.8, 4) is 21.4 Å². The number of aliphatic imine (C=N–C) groups is 1. The van der Waals surface area contributed by atoms with Crippen molar-refractivity contribution >= 4 is 104 Å². The lowest BCUT2D eigenvalue weighted by molar-refractivity contribution is -0.131. The van der Waals surface area contributed by atoms with E-state index in [0.717, 1.165) is 91.9 Å². The van der Waals surface area contributed by atoms with E-state index in [9.17, 15) is 43.2 Å². The number of alkyl carbamates (subject to hydrolysis) is 1. The molecule has 3 aliphatic heterocycles. The monoisotopic (exact) mass is 1330 g/mol. The van der Waals surface area contributed by atoms with Gasteiger partial charge in [0.15, 0.2) is 11.6 Å². The summed E-state index contributed by atoms with van der Waals surface area (Å²) in [7, 11) is 0. The molecule has 7 heterocycles. The molecule has 4 aromatic rings. The number of thiazole rings is 4. The number of carbonyl (C=O) groups is 9. The molecule has 492 valence electrons. The molecule has 2 saturated carbocycles.